The minimum Gasteiger partial charge on any atom is -0.744 e. The second kappa shape index (κ2) is 20.9. The summed E-state index contributed by atoms with van der Waals surface area (Å²) in [6.07, 6.45) is 1.68. The van der Waals surface area contributed by atoms with Gasteiger partial charge in [-0.1, -0.05) is 25.3 Å². The van der Waals surface area contributed by atoms with Gasteiger partial charge in [-0.25, -0.2) is 27.6 Å². The Morgan fingerprint density at radius 2 is 1.15 bits per heavy atom. The van der Waals surface area contributed by atoms with E-state index >= 15 is 0 Å². The summed E-state index contributed by atoms with van der Waals surface area (Å²) < 4.78 is 51.0. The number of nitrogens with zero attached hydrogens (tertiary/aromatic N) is 4. The third-order valence-corrected chi connectivity index (χ3v) is 7.86. The predicted octanol–water partition coefficient (Wildman–Crippen LogP) is -0.0937. The van der Waals surface area contributed by atoms with Gasteiger partial charge < -0.3 is 29.5 Å². The minimum absolute atomic E-state index is 0. The molecule has 0 bridgehead atoms. The van der Waals surface area contributed by atoms with Crippen LogP contribution in [0.5, 0.6) is 11.5 Å². The Morgan fingerprint density at radius 1 is 0.685 bits per heavy atom. The van der Waals surface area contributed by atoms with Crippen molar-refractivity contribution in [2.45, 2.75) is 9.79 Å². The molecule has 4 aromatic carbocycles. The van der Waals surface area contributed by atoms with Gasteiger partial charge in [-0.2, -0.15) is 14.6 Å². The molecular weight excluding hydrogens is 774 g/mol. The normalized spacial score (nSPS) is 10.9. The molecule has 0 unspecified atom stereocenters. The van der Waals surface area contributed by atoms with Crippen LogP contribution in [-0.2, 0) is 29.1 Å². The molecule has 0 saturated heterocycles. The number of carbonyl (C=O) groups excluding carboxylic acids is 2. The molecule has 0 atom stereocenters. The van der Waals surface area contributed by atoms with Crippen molar-refractivity contribution in [1.29, 1.82) is 0 Å². The summed E-state index contributed by atoms with van der Waals surface area (Å²) in [7, 11) is -5.17. The van der Waals surface area contributed by atoms with Crippen LogP contribution in [0.3, 0.4) is 0 Å². The van der Waals surface area contributed by atoms with Crippen molar-refractivity contribution < 1.29 is 126 Å². The van der Waals surface area contributed by atoms with E-state index in [9.17, 15) is 47.6 Å². The summed E-state index contributed by atoms with van der Waals surface area (Å²) >= 11 is 0.401. The third kappa shape index (κ3) is 12.3. The third-order valence-electron chi connectivity index (χ3n) is 6.36. The Morgan fingerprint density at radius 3 is 1.59 bits per heavy atom. The summed E-state index contributed by atoms with van der Waals surface area (Å²) in [6.45, 7) is 6.48. The van der Waals surface area contributed by atoms with Gasteiger partial charge >= 0.3 is 83.0 Å². The predicted molar refractivity (Wildman–Crippen MR) is 175 cm³/mol. The van der Waals surface area contributed by atoms with Gasteiger partial charge in [0.2, 0.25) is 0 Å². The zero-order valence-electron chi connectivity index (χ0n) is 27.9. The first-order valence-electron chi connectivity index (χ1n) is 13.9. The Bertz CT molecular complexity index is 2290. The number of benzene rings is 4. The van der Waals surface area contributed by atoms with Crippen molar-refractivity contribution in [1.82, 2.24) is 0 Å². The molecule has 54 heavy (non-hydrogen) atoms. The van der Waals surface area contributed by atoms with Crippen molar-refractivity contribution in [3.05, 3.63) is 109 Å². The summed E-state index contributed by atoms with van der Waals surface area (Å²) in [5.74, 6) is -5.26. The molecule has 0 aromatic heterocycles. The van der Waals surface area contributed by atoms with Crippen LogP contribution in [0, 0.1) is 0 Å². The molecular formula is C32H20N4Na2O14S2. The largest absolute Gasteiger partial charge is 1.00 e. The van der Waals surface area contributed by atoms with E-state index in [-0.39, 0.29) is 104 Å². The van der Waals surface area contributed by atoms with E-state index < -0.39 is 55.7 Å². The molecule has 0 aliphatic heterocycles. The number of esters is 2. The monoisotopic (exact) mass is 794 g/mol. The molecule has 0 radical (unpaired) electrons. The zero-order chi connectivity index (χ0) is 38.0. The molecule has 22 heteroatoms. The Balaban J connectivity index is 0.00000504. The van der Waals surface area contributed by atoms with E-state index in [1.54, 1.807) is 0 Å². The first kappa shape index (κ1) is 45.7. The van der Waals surface area contributed by atoms with Crippen LogP contribution in [0.25, 0.3) is 11.1 Å². The molecule has 0 fully saturated rings. The molecule has 18 nitrogen and oxygen atoms in total. The molecule has 0 aliphatic carbocycles. The van der Waals surface area contributed by atoms with Gasteiger partial charge in [0.1, 0.15) is 44.1 Å². The Kier molecular flexibility index (Phi) is 17.7. The Hall–Kier alpha value is -4.42. The van der Waals surface area contributed by atoms with Crippen LogP contribution in [0.4, 0.5) is 22.7 Å². The maximum Gasteiger partial charge on any atom is 1.00 e. The van der Waals surface area contributed by atoms with Gasteiger partial charge in [-0.05, 0) is 71.8 Å². The molecule has 0 aliphatic rings. The average Bonchev–Trinajstić information content (AvgIpc) is 3.12. The van der Waals surface area contributed by atoms with Gasteiger partial charge in [0.15, 0.2) is 0 Å². The van der Waals surface area contributed by atoms with Crippen molar-refractivity contribution in [2.24, 2.45) is 20.5 Å². The molecule has 266 valence electrons. The van der Waals surface area contributed by atoms with Crippen LogP contribution in [0.1, 0.15) is 20.7 Å². The number of hydrogen-bond donors (Lipinski definition) is 2. The molecule has 4 rings (SSSR count). The number of azo groups is 2. The fourth-order valence-corrected chi connectivity index (χ4v) is 5.17. The van der Waals surface area contributed by atoms with E-state index in [1.165, 1.54) is 42.5 Å². The van der Waals surface area contributed by atoms with Crippen LogP contribution >= 0.6 is 12.0 Å². The molecule has 2 N–H and O–H groups in total. The molecule has 0 saturated carbocycles. The SMILES string of the molecule is C=CC(=O)Oc1ccc(N=Nc2ccc(-c3ccc(N=Nc4ccc(OC(=O)C=C)c(C(=O)O)c4)c(S(=O)(=O)[O-])c3)cc2SOO[O-])cc1C(=O)O.[Na+].[Na+]. The van der Waals surface area contributed by atoms with Crippen LogP contribution < -0.4 is 73.8 Å². The zero-order valence-corrected chi connectivity index (χ0v) is 33.5. The van der Waals surface area contributed by atoms with Crippen LogP contribution in [0.2, 0.25) is 0 Å². The number of ether oxygens (including phenoxy) is 2. The van der Waals surface area contributed by atoms with Gasteiger partial charge in [-0.15, -0.1) is 10.2 Å². The van der Waals surface area contributed by atoms with E-state index in [4.69, 9.17) is 9.47 Å². The topological polar surface area (TPSA) is 275 Å². The van der Waals surface area contributed by atoms with Crippen LogP contribution in [-0.4, -0.2) is 47.1 Å². The quantitative estimate of drug-likeness (QED) is 0.0183. The fourth-order valence-electron chi connectivity index (χ4n) is 4.07. The van der Waals surface area contributed by atoms with E-state index in [0.29, 0.717) is 12.0 Å². The van der Waals surface area contributed by atoms with Crippen molar-refractivity contribution in [3.8, 4) is 22.6 Å². The second-order valence-electron chi connectivity index (χ2n) is 9.66. The maximum absolute atomic E-state index is 12.2. The molecule has 0 heterocycles. The molecule has 0 spiro atoms. The number of hydrogen-bond acceptors (Lipinski definition) is 17. The molecule has 0 amide bonds. The number of rotatable bonds is 15. The number of carbonyl (C=O) groups is 4. The van der Waals surface area contributed by atoms with Crippen molar-refractivity contribution in [2.75, 3.05) is 0 Å². The standard InChI is InChI=1S/C32H22N4O14S2.2Na/c1-3-29(37)47-25-11-7-19(15-21(25)31(39)40)33-35-23-9-5-17(13-27(23)51-50-49-43)18-6-10-24(28(14-18)52(44,45)46)36-34-20-8-12-26(48-30(38)4-2)22(16-20)32(41)42;;/h3-16,43H,1-2H2,(H,39,40)(H,41,42)(H,44,45,46);;/q;2*+1/p-2. The maximum atomic E-state index is 12.2. The van der Waals surface area contributed by atoms with Crippen molar-refractivity contribution >= 4 is 68.8 Å². The number of aromatic carboxylic acids is 2. The first-order chi connectivity index (χ1) is 24.7. The van der Waals surface area contributed by atoms with Gasteiger partial charge in [0, 0.05) is 12.2 Å². The minimum atomic E-state index is -5.17. The fraction of sp³-hybridized carbons (Fsp3) is 0. The summed E-state index contributed by atoms with van der Waals surface area (Å²) in [5, 5.41) is 48.7. The van der Waals surface area contributed by atoms with Gasteiger partial charge in [-0.3, -0.25) is 5.04 Å². The van der Waals surface area contributed by atoms with Crippen molar-refractivity contribution in [3.63, 3.8) is 0 Å². The smallest absolute Gasteiger partial charge is 0.744 e. The summed E-state index contributed by atoms with van der Waals surface area (Å²) in [4.78, 5) is 45.7. The first-order valence-corrected chi connectivity index (χ1v) is 16.0. The number of carboxylic acids is 2. The summed E-state index contributed by atoms with van der Waals surface area (Å²) in [6, 6.07) is 14.7. The van der Waals surface area contributed by atoms with E-state index in [1.807, 2.05) is 0 Å². The van der Waals surface area contributed by atoms with E-state index in [0.717, 1.165) is 42.5 Å². The number of carboxylic acid groups (broad SMARTS) is 2. The summed E-state index contributed by atoms with van der Waals surface area (Å²) in [5.41, 5.74) is -0.812. The molecule has 4 aromatic rings. The van der Waals surface area contributed by atoms with Gasteiger partial charge in [0.05, 0.1) is 33.2 Å². The van der Waals surface area contributed by atoms with Gasteiger partial charge in [0.25, 0.3) is 0 Å². The van der Waals surface area contributed by atoms with E-state index in [2.05, 4.69) is 43.0 Å². The average molecular weight is 795 g/mol. The van der Waals surface area contributed by atoms with Crippen LogP contribution in [0.15, 0.2) is 128 Å². The second-order valence-corrected chi connectivity index (χ2v) is 11.8. The Labute approximate surface area is 353 Å².